The Morgan fingerprint density at radius 1 is 1.29 bits per heavy atom. The van der Waals surface area contributed by atoms with Crippen LogP contribution in [-0.2, 0) is 4.79 Å². The van der Waals surface area contributed by atoms with Crippen molar-refractivity contribution in [3.8, 4) is 0 Å². The number of carbonyl (C=O) groups is 1. The zero-order chi connectivity index (χ0) is 15.5. The number of hydrogen-bond donors (Lipinski definition) is 2. The predicted octanol–water partition coefficient (Wildman–Crippen LogP) is 2.27. The van der Waals surface area contributed by atoms with E-state index in [1.165, 1.54) is 32.1 Å². The molecule has 1 saturated carbocycles. The molecule has 4 nitrogen and oxygen atoms in total. The summed E-state index contributed by atoms with van der Waals surface area (Å²) in [7, 11) is 0. The van der Waals surface area contributed by atoms with Gasteiger partial charge in [-0.05, 0) is 58.4 Å². The molecule has 0 radical (unpaired) electrons. The smallest absolute Gasteiger partial charge is 0.239 e. The van der Waals surface area contributed by atoms with Crippen molar-refractivity contribution in [1.29, 1.82) is 0 Å². The monoisotopic (exact) mass is 295 g/mol. The number of hydrogen-bond acceptors (Lipinski definition) is 3. The molecule has 0 aromatic rings. The Balaban J connectivity index is 2.17. The van der Waals surface area contributed by atoms with Crippen LogP contribution in [0.1, 0.15) is 65.7 Å². The molecule has 1 heterocycles. The molecular weight excluding hydrogens is 262 g/mol. The van der Waals surface area contributed by atoms with Gasteiger partial charge >= 0.3 is 0 Å². The van der Waals surface area contributed by atoms with Gasteiger partial charge in [0.2, 0.25) is 5.91 Å². The highest BCUT2D eigenvalue weighted by Gasteiger charge is 2.51. The Labute approximate surface area is 129 Å². The van der Waals surface area contributed by atoms with E-state index >= 15 is 0 Å². The van der Waals surface area contributed by atoms with E-state index < -0.39 is 5.54 Å². The Kier molecular flexibility index (Phi) is 5.67. The number of primary amides is 1. The van der Waals surface area contributed by atoms with Crippen LogP contribution in [0.2, 0.25) is 0 Å². The summed E-state index contributed by atoms with van der Waals surface area (Å²) in [6, 6.07) is 0.893. The van der Waals surface area contributed by atoms with Crippen molar-refractivity contribution in [2.75, 3.05) is 13.1 Å². The van der Waals surface area contributed by atoms with Crippen LogP contribution in [0.5, 0.6) is 0 Å². The van der Waals surface area contributed by atoms with Gasteiger partial charge in [0.1, 0.15) is 5.54 Å². The molecule has 4 heteroatoms. The summed E-state index contributed by atoms with van der Waals surface area (Å²) in [4.78, 5) is 14.9. The standard InChI is InChI=1S/C17H33N3O/c1-4-15-8-6-5-7-11-20(15)12-17(16(18)21,14-9-10-14)19-13(2)3/h13-15,19H,4-12H2,1-3H3,(H2,18,21). The highest BCUT2D eigenvalue weighted by molar-refractivity contribution is 5.86. The van der Waals surface area contributed by atoms with Crippen LogP contribution in [-0.4, -0.2) is 41.5 Å². The van der Waals surface area contributed by atoms with Crippen molar-refractivity contribution in [3.63, 3.8) is 0 Å². The molecule has 1 amide bonds. The van der Waals surface area contributed by atoms with Crippen LogP contribution in [0.3, 0.4) is 0 Å². The van der Waals surface area contributed by atoms with Gasteiger partial charge in [-0.25, -0.2) is 0 Å². The fourth-order valence-corrected chi connectivity index (χ4v) is 3.96. The lowest BCUT2D eigenvalue weighted by Crippen LogP contribution is -2.65. The molecule has 122 valence electrons. The van der Waals surface area contributed by atoms with Crippen LogP contribution in [0.25, 0.3) is 0 Å². The SMILES string of the molecule is CCC1CCCCCN1CC(NC(C)C)(C(N)=O)C1CC1. The molecule has 2 fully saturated rings. The first kappa shape index (κ1) is 16.8. The summed E-state index contributed by atoms with van der Waals surface area (Å²) in [6.07, 6.45) is 8.58. The Hall–Kier alpha value is -0.610. The lowest BCUT2D eigenvalue weighted by atomic mass is 9.89. The normalized spacial score (nSPS) is 27.3. The van der Waals surface area contributed by atoms with Gasteiger partial charge < -0.3 is 5.73 Å². The Morgan fingerprint density at radius 2 is 2.00 bits per heavy atom. The Bertz CT molecular complexity index is 354. The molecular formula is C17H33N3O. The molecule has 0 aromatic carbocycles. The summed E-state index contributed by atoms with van der Waals surface area (Å²) in [5, 5.41) is 3.55. The van der Waals surface area contributed by atoms with E-state index in [2.05, 4.69) is 31.0 Å². The molecule has 2 unspecified atom stereocenters. The number of nitrogens with two attached hydrogens (primary N) is 1. The summed E-state index contributed by atoms with van der Waals surface area (Å²) in [6.45, 7) is 8.39. The second kappa shape index (κ2) is 7.10. The average molecular weight is 295 g/mol. The van der Waals surface area contributed by atoms with Crippen LogP contribution in [0.15, 0.2) is 0 Å². The maximum Gasteiger partial charge on any atom is 0.239 e. The van der Waals surface area contributed by atoms with E-state index in [0.29, 0.717) is 12.0 Å². The zero-order valence-corrected chi connectivity index (χ0v) is 14.0. The maximum atomic E-state index is 12.3. The molecule has 2 aliphatic rings. The average Bonchev–Trinajstić information content (AvgIpc) is 3.24. The Morgan fingerprint density at radius 3 is 2.52 bits per heavy atom. The first-order chi connectivity index (χ1) is 9.99. The van der Waals surface area contributed by atoms with Crippen molar-refractivity contribution >= 4 is 5.91 Å². The summed E-state index contributed by atoms with van der Waals surface area (Å²) < 4.78 is 0. The van der Waals surface area contributed by atoms with Gasteiger partial charge in [-0.2, -0.15) is 0 Å². The van der Waals surface area contributed by atoms with Crippen molar-refractivity contribution in [3.05, 3.63) is 0 Å². The predicted molar refractivity (Wildman–Crippen MR) is 87.0 cm³/mol. The number of rotatable bonds is 7. The third-order valence-corrected chi connectivity index (χ3v) is 5.18. The molecule has 2 rings (SSSR count). The first-order valence-corrected chi connectivity index (χ1v) is 8.81. The van der Waals surface area contributed by atoms with Crippen molar-refractivity contribution in [2.24, 2.45) is 11.7 Å². The summed E-state index contributed by atoms with van der Waals surface area (Å²) in [5.41, 5.74) is 5.35. The lowest BCUT2D eigenvalue weighted by Gasteiger charge is -2.41. The molecule has 0 spiro atoms. The molecule has 21 heavy (non-hydrogen) atoms. The van der Waals surface area contributed by atoms with E-state index in [-0.39, 0.29) is 11.9 Å². The number of likely N-dealkylation sites (tertiary alicyclic amines) is 1. The van der Waals surface area contributed by atoms with Crippen LogP contribution in [0, 0.1) is 5.92 Å². The molecule has 1 aliphatic carbocycles. The highest BCUT2D eigenvalue weighted by Crippen LogP contribution is 2.41. The van der Waals surface area contributed by atoms with Crippen LogP contribution < -0.4 is 11.1 Å². The van der Waals surface area contributed by atoms with Crippen LogP contribution >= 0.6 is 0 Å². The van der Waals surface area contributed by atoms with E-state index in [9.17, 15) is 4.79 Å². The number of carbonyl (C=O) groups excluding carboxylic acids is 1. The van der Waals surface area contributed by atoms with Gasteiger partial charge in [-0.15, -0.1) is 0 Å². The minimum absolute atomic E-state index is 0.155. The van der Waals surface area contributed by atoms with Gasteiger partial charge in [0, 0.05) is 18.6 Å². The van der Waals surface area contributed by atoms with Gasteiger partial charge in [-0.1, -0.05) is 19.8 Å². The maximum absolute atomic E-state index is 12.3. The topological polar surface area (TPSA) is 58.4 Å². The second-order valence-electron chi connectivity index (χ2n) is 7.29. The summed E-state index contributed by atoms with van der Waals surface area (Å²) >= 11 is 0. The third kappa shape index (κ3) is 3.98. The molecule has 2 atom stereocenters. The van der Waals surface area contributed by atoms with E-state index in [1.807, 2.05) is 0 Å². The van der Waals surface area contributed by atoms with Gasteiger partial charge in [-0.3, -0.25) is 15.0 Å². The quantitative estimate of drug-likeness (QED) is 0.757. The molecule has 0 bridgehead atoms. The van der Waals surface area contributed by atoms with Crippen molar-refractivity contribution < 1.29 is 4.79 Å². The van der Waals surface area contributed by atoms with E-state index in [4.69, 9.17) is 5.73 Å². The van der Waals surface area contributed by atoms with E-state index in [1.54, 1.807) is 0 Å². The molecule has 1 aliphatic heterocycles. The molecule has 0 aromatic heterocycles. The fourth-order valence-electron chi connectivity index (χ4n) is 3.96. The minimum atomic E-state index is -0.522. The zero-order valence-electron chi connectivity index (χ0n) is 14.0. The molecule has 3 N–H and O–H groups in total. The molecule has 1 saturated heterocycles. The lowest BCUT2D eigenvalue weighted by molar-refractivity contribution is -0.127. The third-order valence-electron chi connectivity index (χ3n) is 5.18. The largest absolute Gasteiger partial charge is 0.368 e. The summed E-state index contributed by atoms with van der Waals surface area (Å²) in [5.74, 6) is 0.274. The highest BCUT2D eigenvalue weighted by atomic mass is 16.1. The second-order valence-corrected chi connectivity index (χ2v) is 7.29. The van der Waals surface area contributed by atoms with Crippen molar-refractivity contribution in [1.82, 2.24) is 10.2 Å². The fraction of sp³-hybridized carbons (Fsp3) is 0.941. The van der Waals surface area contributed by atoms with Crippen molar-refractivity contribution in [2.45, 2.75) is 83.3 Å². The number of nitrogens with zero attached hydrogens (tertiary/aromatic N) is 1. The minimum Gasteiger partial charge on any atom is -0.368 e. The van der Waals surface area contributed by atoms with E-state index in [0.717, 1.165) is 25.9 Å². The van der Waals surface area contributed by atoms with Gasteiger partial charge in [0.25, 0.3) is 0 Å². The van der Waals surface area contributed by atoms with Gasteiger partial charge in [0.05, 0.1) is 0 Å². The van der Waals surface area contributed by atoms with Crippen LogP contribution in [0.4, 0.5) is 0 Å². The number of nitrogens with one attached hydrogen (secondary N) is 1. The first-order valence-electron chi connectivity index (χ1n) is 8.81. The van der Waals surface area contributed by atoms with Gasteiger partial charge in [0.15, 0.2) is 0 Å². The number of amides is 1.